The number of aromatic nitrogens is 1. The zero-order valence-corrected chi connectivity index (χ0v) is 14.6. The molecule has 0 aliphatic carbocycles. The zero-order valence-electron chi connectivity index (χ0n) is 13.0. The highest BCUT2D eigenvalue weighted by molar-refractivity contribution is 9.10. The Morgan fingerprint density at radius 1 is 1.12 bits per heavy atom. The molecule has 0 radical (unpaired) electrons. The lowest BCUT2D eigenvalue weighted by Crippen LogP contribution is -2.42. The molecular formula is C18H17BrN2O3. The summed E-state index contributed by atoms with van der Waals surface area (Å²) in [7, 11) is 0. The molecule has 5 nitrogen and oxygen atoms in total. The first-order chi connectivity index (χ1) is 11.6. The lowest BCUT2D eigenvalue weighted by molar-refractivity contribution is -0.129. The van der Waals surface area contributed by atoms with Crippen LogP contribution in [0, 0.1) is 0 Å². The first-order valence-corrected chi connectivity index (χ1v) is 8.47. The number of carbonyl (C=O) groups excluding carboxylic acids is 1. The van der Waals surface area contributed by atoms with Crippen LogP contribution in [0.4, 0.5) is 0 Å². The molecule has 3 rings (SSSR count). The summed E-state index contributed by atoms with van der Waals surface area (Å²) >= 11 is 3.43. The number of ether oxygens (including phenoxy) is 1. The first-order valence-electron chi connectivity index (χ1n) is 7.67. The van der Waals surface area contributed by atoms with Crippen LogP contribution in [0.5, 0.6) is 0 Å². The van der Waals surface area contributed by atoms with Crippen LogP contribution in [0.1, 0.15) is 5.56 Å². The van der Waals surface area contributed by atoms with Crippen molar-refractivity contribution in [2.24, 2.45) is 0 Å². The molecule has 1 aromatic heterocycles. The van der Waals surface area contributed by atoms with E-state index in [1.54, 1.807) is 29.3 Å². The molecule has 0 unspecified atom stereocenters. The quantitative estimate of drug-likeness (QED) is 0.758. The molecule has 0 saturated carbocycles. The Morgan fingerprint density at radius 2 is 1.92 bits per heavy atom. The summed E-state index contributed by atoms with van der Waals surface area (Å²) in [6.45, 7) is 2.08. The van der Waals surface area contributed by atoms with Crippen LogP contribution in [0.25, 0.3) is 11.8 Å². The molecule has 6 heteroatoms. The van der Waals surface area contributed by atoms with Crippen LogP contribution in [-0.4, -0.2) is 41.7 Å². The standard InChI is InChI=1S/C18H17BrN2O3/c19-15-5-3-4-14(12-15)13-16(21-7-2-1-6-17(21)22)18(23)20-8-10-24-11-9-20/h1-7,12-13H,8-11H2. The third-order valence-electron chi connectivity index (χ3n) is 3.75. The molecular weight excluding hydrogens is 372 g/mol. The molecule has 1 saturated heterocycles. The van der Waals surface area contributed by atoms with Crippen molar-refractivity contribution < 1.29 is 9.53 Å². The lowest BCUT2D eigenvalue weighted by Gasteiger charge is -2.28. The van der Waals surface area contributed by atoms with Crippen LogP contribution in [0.2, 0.25) is 0 Å². The van der Waals surface area contributed by atoms with Crippen LogP contribution in [0.15, 0.2) is 57.9 Å². The van der Waals surface area contributed by atoms with E-state index in [0.29, 0.717) is 32.0 Å². The van der Waals surface area contributed by atoms with Gasteiger partial charge < -0.3 is 9.64 Å². The topological polar surface area (TPSA) is 51.5 Å². The summed E-state index contributed by atoms with van der Waals surface area (Å²) < 4.78 is 7.60. The van der Waals surface area contributed by atoms with E-state index in [0.717, 1.165) is 10.0 Å². The fourth-order valence-corrected chi connectivity index (χ4v) is 2.96. The molecule has 1 fully saturated rings. The molecule has 2 heterocycles. The monoisotopic (exact) mass is 388 g/mol. The van der Waals surface area contributed by atoms with Crippen molar-refractivity contribution in [1.82, 2.24) is 9.47 Å². The van der Waals surface area contributed by atoms with Gasteiger partial charge in [-0.05, 0) is 29.8 Å². The molecule has 2 aromatic rings. The van der Waals surface area contributed by atoms with Gasteiger partial charge in [-0.2, -0.15) is 0 Å². The van der Waals surface area contributed by atoms with Crippen molar-refractivity contribution >= 4 is 33.6 Å². The third-order valence-corrected chi connectivity index (χ3v) is 4.24. The average Bonchev–Trinajstić information content (AvgIpc) is 2.61. The maximum atomic E-state index is 13.0. The number of pyridine rings is 1. The predicted molar refractivity (Wildman–Crippen MR) is 96.4 cm³/mol. The molecule has 0 bridgehead atoms. The van der Waals surface area contributed by atoms with Crippen LogP contribution < -0.4 is 5.56 Å². The molecule has 1 amide bonds. The van der Waals surface area contributed by atoms with Gasteiger partial charge in [0, 0.05) is 29.8 Å². The normalized spacial score (nSPS) is 15.4. The van der Waals surface area contributed by atoms with E-state index in [2.05, 4.69) is 15.9 Å². The summed E-state index contributed by atoms with van der Waals surface area (Å²) in [5.74, 6) is -0.174. The number of carbonyl (C=O) groups is 1. The summed E-state index contributed by atoms with van der Waals surface area (Å²) in [5.41, 5.74) is 0.942. The fraction of sp³-hybridized carbons (Fsp3) is 0.222. The Kier molecular flexibility index (Phi) is 5.27. The maximum absolute atomic E-state index is 13.0. The van der Waals surface area contributed by atoms with Gasteiger partial charge in [0.05, 0.1) is 13.2 Å². The molecule has 124 valence electrons. The smallest absolute Gasteiger partial charge is 0.271 e. The van der Waals surface area contributed by atoms with Gasteiger partial charge in [-0.1, -0.05) is 34.1 Å². The number of amides is 1. The predicted octanol–water partition coefficient (Wildman–Crippen LogP) is 2.47. The Balaban J connectivity index is 2.05. The minimum Gasteiger partial charge on any atom is -0.378 e. The zero-order chi connectivity index (χ0) is 16.9. The Labute approximate surface area is 148 Å². The second kappa shape index (κ2) is 7.59. The van der Waals surface area contributed by atoms with E-state index < -0.39 is 0 Å². The van der Waals surface area contributed by atoms with Crippen molar-refractivity contribution in [3.63, 3.8) is 0 Å². The second-order valence-corrected chi connectivity index (χ2v) is 6.31. The van der Waals surface area contributed by atoms with Gasteiger partial charge in [0.1, 0.15) is 5.70 Å². The molecule has 0 spiro atoms. The molecule has 1 aliphatic heterocycles. The van der Waals surface area contributed by atoms with Gasteiger partial charge in [0.15, 0.2) is 0 Å². The molecule has 1 aromatic carbocycles. The highest BCUT2D eigenvalue weighted by Crippen LogP contribution is 2.18. The van der Waals surface area contributed by atoms with E-state index >= 15 is 0 Å². The lowest BCUT2D eigenvalue weighted by atomic mass is 10.1. The van der Waals surface area contributed by atoms with E-state index in [-0.39, 0.29) is 11.5 Å². The number of hydrogen-bond donors (Lipinski definition) is 0. The number of hydrogen-bond acceptors (Lipinski definition) is 3. The van der Waals surface area contributed by atoms with Crippen molar-refractivity contribution in [3.8, 4) is 0 Å². The van der Waals surface area contributed by atoms with Gasteiger partial charge in [-0.15, -0.1) is 0 Å². The number of rotatable bonds is 3. The number of halogens is 1. The van der Waals surface area contributed by atoms with Gasteiger partial charge >= 0.3 is 0 Å². The molecule has 1 aliphatic rings. The van der Waals surface area contributed by atoms with E-state index in [4.69, 9.17) is 4.74 Å². The Hall–Kier alpha value is -2.18. The van der Waals surface area contributed by atoms with Crippen molar-refractivity contribution in [3.05, 3.63) is 69.1 Å². The molecule has 24 heavy (non-hydrogen) atoms. The molecule has 0 N–H and O–H groups in total. The van der Waals surface area contributed by atoms with Crippen LogP contribution in [-0.2, 0) is 9.53 Å². The maximum Gasteiger partial charge on any atom is 0.271 e. The van der Waals surface area contributed by atoms with Crippen molar-refractivity contribution in [1.29, 1.82) is 0 Å². The largest absolute Gasteiger partial charge is 0.378 e. The number of benzene rings is 1. The minimum absolute atomic E-state index is 0.174. The SMILES string of the molecule is O=C(C(=Cc1cccc(Br)c1)n1ccccc1=O)N1CCOCC1. The van der Waals surface area contributed by atoms with E-state index in [9.17, 15) is 9.59 Å². The fourth-order valence-electron chi connectivity index (χ4n) is 2.54. The second-order valence-electron chi connectivity index (χ2n) is 5.40. The van der Waals surface area contributed by atoms with Crippen LogP contribution in [0.3, 0.4) is 0 Å². The summed E-state index contributed by atoms with van der Waals surface area (Å²) in [6, 6.07) is 12.4. The van der Waals surface area contributed by atoms with E-state index in [1.165, 1.54) is 10.6 Å². The van der Waals surface area contributed by atoms with Gasteiger partial charge in [0.2, 0.25) is 0 Å². The third kappa shape index (κ3) is 3.83. The van der Waals surface area contributed by atoms with Crippen LogP contribution >= 0.6 is 15.9 Å². The first kappa shape index (κ1) is 16.7. The highest BCUT2D eigenvalue weighted by atomic mass is 79.9. The highest BCUT2D eigenvalue weighted by Gasteiger charge is 2.22. The average molecular weight is 389 g/mol. The van der Waals surface area contributed by atoms with Gasteiger partial charge in [0.25, 0.3) is 11.5 Å². The van der Waals surface area contributed by atoms with Gasteiger partial charge in [-0.3, -0.25) is 14.2 Å². The van der Waals surface area contributed by atoms with Gasteiger partial charge in [-0.25, -0.2) is 0 Å². The van der Waals surface area contributed by atoms with Crippen molar-refractivity contribution in [2.45, 2.75) is 0 Å². The Morgan fingerprint density at radius 3 is 2.62 bits per heavy atom. The Bertz CT molecular complexity index is 823. The number of nitrogens with zero attached hydrogens (tertiary/aromatic N) is 2. The van der Waals surface area contributed by atoms with E-state index in [1.807, 2.05) is 24.3 Å². The minimum atomic E-state index is -0.236. The summed E-state index contributed by atoms with van der Waals surface area (Å²) in [6.07, 6.45) is 3.36. The summed E-state index contributed by atoms with van der Waals surface area (Å²) in [4.78, 5) is 26.9. The molecule has 0 atom stereocenters. The van der Waals surface area contributed by atoms with Crippen molar-refractivity contribution in [2.75, 3.05) is 26.3 Å². The summed E-state index contributed by atoms with van der Waals surface area (Å²) in [5, 5.41) is 0. The number of morpholine rings is 1.